The Hall–Kier alpha value is -2.61. The zero-order valence-corrected chi connectivity index (χ0v) is 14.7. The van der Waals surface area contributed by atoms with Crippen LogP contribution < -0.4 is 0 Å². The lowest BCUT2D eigenvalue weighted by molar-refractivity contribution is 0.419. The van der Waals surface area contributed by atoms with Gasteiger partial charge in [0.05, 0.1) is 5.69 Å². The van der Waals surface area contributed by atoms with Gasteiger partial charge in [-0.3, -0.25) is 4.98 Å². The predicted octanol–water partition coefficient (Wildman–Crippen LogP) is 6.55. The van der Waals surface area contributed by atoms with Crippen LogP contribution >= 0.6 is 0 Å². The molecule has 2 bridgehead atoms. The van der Waals surface area contributed by atoms with Gasteiger partial charge >= 0.3 is 0 Å². The smallest absolute Gasteiger partial charge is 0.144 e. The summed E-state index contributed by atoms with van der Waals surface area (Å²) in [6.45, 7) is 0. The van der Waals surface area contributed by atoms with Gasteiger partial charge in [0.25, 0.3) is 0 Å². The van der Waals surface area contributed by atoms with Crippen molar-refractivity contribution in [2.75, 3.05) is 0 Å². The Labute approximate surface area is 152 Å². The number of pyridine rings is 1. The first-order valence-corrected chi connectivity index (χ1v) is 9.74. The summed E-state index contributed by atoms with van der Waals surface area (Å²) in [5, 5.41) is 2.45. The number of nitrogens with zero attached hydrogens (tertiary/aromatic N) is 1. The number of para-hydroxylation sites is 2. The summed E-state index contributed by atoms with van der Waals surface area (Å²) < 4.78 is 6.55. The van der Waals surface area contributed by atoms with Gasteiger partial charge in [0, 0.05) is 22.5 Å². The maximum Gasteiger partial charge on any atom is 0.144 e. The van der Waals surface area contributed by atoms with Crippen molar-refractivity contribution in [2.24, 2.45) is 11.8 Å². The van der Waals surface area contributed by atoms with Crippen molar-refractivity contribution in [3.8, 4) is 11.3 Å². The topological polar surface area (TPSA) is 26.0 Å². The summed E-state index contributed by atoms with van der Waals surface area (Å²) in [6.07, 6.45) is 7.43. The molecular formula is C24H21NO. The zero-order chi connectivity index (χ0) is 17.1. The third-order valence-corrected chi connectivity index (χ3v) is 6.63. The molecule has 0 radical (unpaired) electrons. The molecular weight excluding hydrogens is 318 g/mol. The summed E-state index contributed by atoms with van der Waals surface area (Å²) in [5.74, 6) is 2.47. The van der Waals surface area contributed by atoms with E-state index in [2.05, 4.69) is 47.4 Å². The number of fused-ring (bicyclic) bond motifs is 5. The minimum atomic E-state index is 0.677. The van der Waals surface area contributed by atoms with Crippen LogP contribution in [0.2, 0.25) is 0 Å². The van der Waals surface area contributed by atoms with E-state index in [1.54, 1.807) is 0 Å². The molecule has 0 aliphatic heterocycles. The molecule has 2 heterocycles. The molecule has 2 heteroatoms. The van der Waals surface area contributed by atoms with E-state index in [-0.39, 0.29) is 0 Å². The Bertz CT molecular complexity index is 1110. The molecule has 2 aromatic heterocycles. The molecule has 6 rings (SSSR count). The number of hydrogen-bond donors (Lipinski definition) is 0. The van der Waals surface area contributed by atoms with Crippen LogP contribution in [0.1, 0.15) is 37.2 Å². The highest BCUT2D eigenvalue weighted by Gasteiger charge is 2.41. The molecule has 0 spiro atoms. The summed E-state index contributed by atoms with van der Waals surface area (Å²) >= 11 is 0. The largest absolute Gasteiger partial charge is 0.455 e. The lowest BCUT2D eigenvalue weighted by atomic mass is 9.83. The number of furan rings is 1. The molecule has 2 aliphatic rings. The maximum absolute atomic E-state index is 6.55. The van der Waals surface area contributed by atoms with Gasteiger partial charge in [-0.15, -0.1) is 0 Å². The molecule has 4 aromatic rings. The Morgan fingerprint density at radius 2 is 1.69 bits per heavy atom. The second-order valence-corrected chi connectivity index (χ2v) is 8.00. The number of aromatic nitrogens is 1. The highest BCUT2D eigenvalue weighted by molar-refractivity contribution is 6.10. The maximum atomic E-state index is 6.55. The van der Waals surface area contributed by atoms with E-state index in [9.17, 15) is 0 Å². The standard InChI is InChI=1S/C24H21NO/c1-2-12-25-22(9-1)20-8-4-6-18-17-5-3-7-19(23(17)26-24(18)20)21-14-15-10-11-16(21)13-15/h1-9,12,15-16,21H,10-11,13-14H2. The SMILES string of the molecule is c1ccc(-c2cccc3c2oc2c(C4CC5CCC4C5)cccc23)nc1. The summed E-state index contributed by atoms with van der Waals surface area (Å²) in [4.78, 5) is 4.54. The molecule has 2 aliphatic carbocycles. The lowest BCUT2D eigenvalue weighted by Crippen LogP contribution is -2.08. The molecule has 2 fully saturated rings. The fourth-order valence-electron chi connectivity index (χ4n) is 5.48. The summed E-state index contributed by atoms with van der Waals surface area (Å²) in [7, 11) is 0. The van der Waals surface area contributed by atoms with Crippen LogP contribution in [-0.2, 0) is 0 Å². The van der Waals surface area contributed by atoms with Gasteiger partial charge < -0.3 is 4.42 Å². The van der Waals surface area contributed by atoms with E-state index in [1.165, 1.54) is 42.0 Å². The van der Waals surface area contributed by atoms with Crippen LogP contribution in [0.5, 0.6) is 0 Å². The molecule has 2 saturated carbocycles. The highest BCUT2D eigenvalue weighted by Crippen LogP contribution is 2.54. The second-order valence-electron chi connectivity index (χ2n) is 8.00. The summed E-state index contributed by atoms with van der Waals surface area (Å²) in [6, 6.07) is 19.2. The fourth-order valence-corrected chi connectivity index (χ4v) is 5.48. The quantitative estimate of drug-likeness (QED) is 0.414. The van der Waals surface area contributed by atoms with E-state index in [0.717, 1.165) is 34.3 Å². The van der Waals surface area contributed by atoms with Crippen LogP contribution in [0, 0.1) is 11.8 Å². The molecule has 0 amide bonds. The van der Waals surface area contributed by atoms with Crippen molar-refractivity contribution in [3.63, 3.8) is 0 Å². The van der Waals surface area contributed by atoms with Crippen LogP contribution in [0.15, 0.2) is 65.2 Å². The van der Waals surface area contributed by atoms with Gasteiger partial charge in [-0.05, 0) is 60.8 Å². The number of benzene rings is 2. The van der Waals surface area contributed by atoms with Crippen LogP contribution in [-0.4, -0.2) is 4.98 Å². The third kappa shape index (κ3) is 2.02. The van der Waals surface area contributed by atoms with E-state index in [1.807, 2.05) is 18.3 Å². The Morgan fingerprint density at radius 3 is 2.46 bits per heavy atom. The van der Waals surface area contributed by atoms with Gasteiger partial charge in [-0.25, -0.2) is 0 Å². The predicted molar refractivity (Wildman–Crippen MR) is 105 cm³/mol. The van der Waals surface area contributed by atoms with Crippen molar-refractivity contribution in [1.82, 2.24) is 4.98 Å². The average molecular weight is 339 g/mol. The van der Waals surface area contributed by atoms with Crippen molar-refractivity contribution in [3.05, 3.63) is 66.4 Å². The second kappa shape index (κ2) is 5.44. The highest BCUT2D eigenvalue weighted by atomic mass is 16.3. The molecule has 3 atom stereocenters. The Kier molecular flexibility index (Phi) is 3.04. The van der Waals surface area contributed by atoms with Crippen LogP contribution in [0.25, 0.3) is 33.2 Å². The van der Waals surface area contributed by atoms with Gasteiger partial charge in [-0.1, -0.05) is 42.8 Å². The van der Waals surface area contributed by atoms with Gasteiger partial charge in [0.2, 0.25) is 0 Å². The van der Waals surface area contributed by atoms with Crippen LogP contribution in [0.4, 0.5) is 0 Å². The average Bonchev–Trinajstić information content (AvgIpc) is 3.42. The number of rotatable bonds is 2. The molecule has 0 N–H and O–H groups in total. The van der Waals surface area contributed by atoms with Gasteiger partial charge in [0.1, 0.15) is 11.2 Å². The van der Waals surface area contributed by atoms with Gasteiger partial charge in [-0.2, -0.15) is 0 Å². The normalized spacial score (nSPS) is 24.7. The van der Waals surface area contributed by atoms with Crippen molar-refractivity contribution >= 4 is 21.9 Å². The Morgan fingerprint density at radius 1 is 0.808 bits per heavy atom. The fraction of sp³-hybridized carbons (Fsp3) is 0.292. The van der Waals surface area contributed by atoms with Gasteiger partial charge in [0.15, 0.2) is 0 Å². The van der Waals surface area contributed by atoms with Crippen molar-refractivity contribution in [1.29, 1.82) is 0 Å². The molecule has 26 heavy (non-hydrogen) atoms. The van der Waals surface area contributed by atoms with Crippen LogP contribution in [0.3, 0.4) is 0 Å². The molecule has 0 saturated heterocycles. The Balaban J connectivity index is 1.60. The first-order chi connectivity index (χ1) is 12.9. The van der Waals surface area contributed by atoms with E-state index >= 15 is 0 Å². The van der Waals surface area contributed by atoms with Crippen molar-refractivity contribution in [2.45, 2.75) is 31.6 Å². The minimum absolute atomic E-state index is 0.677. The number of hydrogen-bond acceptors (Lipinski definition) is 2. The molecule has 2 nitrogen and oxygen atoms in total. The first kappa shape index (κ1) is 14.5. The molecule has 2 aromatic carbocycles. The molecule has 3 unspecified atom stereocenters. The molecule has 128 valence electrons. The minimum Gasteiger partial charge on any atom is -0.455 e. The first-order valence-electron chi connectivity index (χ1n) is 9.74. The van der Waals surface area contributed by atoms with E-state index < -0.39 is 0 Å². The lowest BCUT2D eigenvalue weighted by Gasteiger charge is -2.22. The van der Waals surface area contributed by atoms with E-state index in [0.29, 0.717) is 5.92 Å². The summed E-state index contributed by atoms with van der Waals surface area (Å²) in [5.41, 5.74) is 5.55. The zero-order valence-electron chi connectivity index (χ0n) is 14.7. The van der Waals surface area contributed by atoms with E-state index in [4.69, 9.17) is 4.42 Å². The third-order valence-electron chi connectivity index (χ3n) is 6.63. The van der Waals surface area contributed by atoms with Crippen molar-refractivity contribution < 1.29 is 4.42 Å². The monoisotopic (exact) mass is 339 g/mol.